The molecule has 0 spiro atoms. The Balaban J connectivity index is 2.28. The molecule has 0 aromatic carbocycles. The van der Waals surface area contributed by atoms with Gasteiger partial charge >= 0.3 is 5.71 Å². The number of thioether (sulfide) groups is 1. The fourth-order valence-electron chi connectivity index (χ4n) is 1.86. The van der Waals surface area contributed by atoms with Crippen LogP contribution in [-0.2, 0) is 9.53 Å². The molecule has 98 valence electrons. The molecule has 0 amide bonds. The van der Waals surface area contributed by atoms with Crippen LogP contribution < -0.4 is 0 Å². The van der Waals surface area contributed by atoms with E-state index in [4.69, 9.17) is 4.74 Å². The second-order valence-electron chi connectivity index (χ2n) is 4.27. The van der Waals surface area contributed by atoms with Crippen molar-refractivity contribution >= 4 is 30.5 Å². The number of ether oxygens (including phenoxy) is 1. The highest BCUT2D eigenvalue weighted by Crippen LogP contribution is 2.41. The number of hydrogen-bond donors (Lipinski definition) is 0. The number of hydrogen-bond acceptors (Lipinski definition) is 4. The predicted molar refractivity (Wildman–Crippen MR) is 74.0 cm³/mol. The maximum Gasteiger partial charge on any atom is 0.326 e. The van der Waals surface area contributed by atoms with Crippen molar-refractivity contribution in [1.82, 2.24) is 0 Å². The first-order chi connectivity index (χ1) is 8.20. The SMILES string of the molecule is CC(=O)SCOC(=O)P1CCCCCCCC1. The Kier molecular flexibility index (Phi) is 7.87. The van der Waals surface area contributed by atoms with Crippen LogP contribution in [0.15, 0.2) is 0 Å². The zero-order valence-corrected chi connectivity index (χ0v) is 12.2. The summed E-state index contributed by atoms with van der Waals surface area (Å²) in [4.78, 5) is 22.6. The van der Waals surface area contributed by atoms with Crippen LogP contribution in [0.25, 0.3) is 0 Å². The van der Waals surface area contributed by atoms with Gasteiger partial charge < -0.3 is 4.74 Å². The molecular formula is C12H21O3PS. The Bertz CT molecular complexity index is 248. The Labute approximate surface area is 109 Å². The average molecular weight is 276 g/mol. The summed E-state index contributed by atoms with van der Waals surface area (Å²) in [5.41, 5.74) is -0.0457. The first-order valence-corrected chi connectivity index (χ1v) is 8.95. The molecule has 0 saturated carbocycles. The number of carbonyl (C=O) groups is 2. The summed E-state index contributed by atoms with van der Waals surface area (Å²) in [6.07, 6.45) is 9.43. The van der Waals surface area contributed by atoms with Gasteiger partial charge in [0.15, 0.2) is 5.12 Å². The van der Waals surface area contributed by atoms with Gasteiger partial charge in [0.05, 0.1) is 0 Å². The lowest BCUT2D eigenvalue weighted by Gasteiger charge is -2.14. The second-order valence-corrected chi connectivity index (χ2v) is 7.71. The van der Waals surface area contributed by atoms with Crippen molar-refractivity contribution in [3.63, 3.8) is 0 Å². The van der Waals surface area contributed by atoms with E-state index in [1.165, 1.54) is 32.6 Å². The van der Waals surface area contributed by atoms with E-state index in [9.17, 15) is 9.59 Å². The van der Waals surface area contributed by atoms with Gasteiger partial charge in [-0.1, -0.05) is 25.7 Å². The molecule has 0 aromatic rings. The molecule has 1 saturated heterocycles. The molecule has 5 heteroatoms. The zero-order valence-electron chi connectivity index (χ0n) is 10.4. The third kappa shape index (κ3) is 7.05. The van der Waals surface area contributed by atoms with Crippen molar-refractivity contribution in [1.29, 1.82) is 0 Å². The van der Waals surface area contributed by atoms with Gasteiger partial charge in [-0.05, 0) is 36.9 Å². The lowest BCUT2D eigenvalue weighted by Crippen LogP contribution is -2.06. The van der Waals surface area contributed by atoms with Crippen molar-refractivity contribution in [3.05, 3.63) is 0 Å². The van der Waals surface area contributed by atoms with E-state index >= 15 is 0 Å². The van der Waals surface area contributed by atoms with E-state index in [0.29, 0.717) is 0 Å². The lowest BCUT2D eigenvalue weighted by molar-refractivity contribution is -0.109. The Morgan fingerprint density at radius 3 is 2.12 bits per heavy atom. The Morgan fingerprint density at radius 1 is 1.06 bits per heavy atom. The quantitative estimate of drug-likeness (QED) is 0.572. The van der Waals surface area contributed by atoms with Crippen molar-refractivity contribution in [3.8, 4) is 0 Å². The maximum absolute atomic E-state index is 11.8. The summed E-state index contributed by atoms with van der Waals surface area (Å²) < 4.78 is 5.16. The molecule has 17 heavy (non-hydrogen) atoms. The van der Waals surface area contributed by atoms with Crippen molar-refractivity contribution in [2.75, 3.05) is 18.3 Å². The van der Waals surface area contributed by atoms with E-state index in [-0.39, 0.29) is 16.8 Å². The van der Waals surface area contributed by atoms with Gasteiger partial charge in [-0.25, -0.2) is 4.79 Å². The molecule has 1 aliphatic rings. The van der Waals surface area contributed by atoms with E-state index in [2.05, 4.69) is 0 Å². The van der Waals surface area contributed by atoms with Crippen LogP contribution in [0.4, 0.5) is 4.79 Å². The minimum Gasteiger partial charge on any atom is -0.451 e. The van der Waals surface area contributed by atoms with Crippen LogP contribution in [0.1, 0.15) is 45.4 Å². The molecule has 3 nitrogen and oxygen atoms in total. The first-order valence-electron chi connectivity index (χ1n) is 6.25. The summed E-state index contributed by atoms with van der Waals surface area (Å²) in [5.74, 6) is 0.188. The molecule has 1 aliphatic heterocycles. The second kappa shape index (κ2) is 8.93. The minimum absolute atomic E-state index is 0.0000409. The largest absolute Gasteiger partial charge is 0.451 e. The van der Waals surface area contributed by atoms with Crippen LogP contribution in [0, 0.1) is 0 Å². The molecule has 1 fully saturated rings. The third-order valence-corrected chi connectivity index (χ3v) is 5.81. The zero-order chi connectivity index (χ0) is 12.5. The van der Waals surface area contributed by atoms with Crippen LogP contribution in [0.2, 0.25) is 0 Å². The Hall–Kier alpha value is -0.0800. The highest BCUT2D eigenvalue weighted by molar-refractivity contribution is 8.13. The van der Waals surface area contributed by atoms with E-state index in [1.807, 2.05) is 0 Å². The fraction of sp³-hybridized carbons (Fsp3) is 0.833. The molecule has 0 unspecified atom stereocenters. The normalized spacial score (nSPS) is 18.9. The molecule has 0 bridgehead atoms. The van der Waals surface area contributed by atoms with Gasteiger partial charge in [0.2, 0.25) is 0 Å². The number of rotatable bonds is 3. The van der Waals surface area contributed by atoms with Gasteiger partial charge in [0.1, 0.15) is 5.94 Å². The highest BCUT2D eigenvalue weighted by Gasteiger charge is 2.19. The van der Waals surface area contributed by atoms with E-state index < -0.39 is 7.92 Å². The van der Waals surface area contributed by atoms with E-state index in [0.717, 1.165) is 36.9 Å². The predicted octanol–water partition coefficient (Wildman–Crippen LogP) is 4.20. The maximum atomic E-state index is 11.8. The first kappa shape index (κ1) is 15.0. The molecule has 1 rings (SSSR count). The van der Waals surface area contributed by atoms with Gasteiger partial charge in [-0.3, -0.25) is 4.79 Å². The van der Waals surface area contributed by atoms with Gasteiger partial charge in [0.25, 0.3) is 0 Å². The Morgan fingerprint density at radius 2 is 1.59 bits per heavy atom. The monoisotopic (exact) mass is 276 g/mol. The summed E-state index contributed by atoms with van der Waals surface area (Å²) in [6, 6.07) is 0. The molecular weight excluding hydrogens is 255 g/mol. The van der Waals surface area contributed by atoms with E-state index in [1.54, 1.807) is 0 Å². The average Bonchev–Trinajstić information content (AvgIpc) is 2.41. The fourth-order valence-corrected chi connectivity index (χ4v) is 4.33. The van der Waals surface area contributed by atoms with Crippen LogP contribution >= 0.6 is 19.7 Å². The summed E-state index contributed by atoms with van der Waals surface area (Å²) in [5, 5.41) is 0.0000409. The molecule has 0 radical (unpaired) electrons. The van der Waals surface area contributed by atoms with Crippen molar-refractivity contribution < 1.29 is 14.3 Å². The summed E-state index contributed by atoms with van der Waals surface area (Å²) in [6.45, 7) is 1.49. The van der Waals surface area contributed by atoms with Crippen LogP contribution in [-0.4, -0.2) is 29.1 Å². The lowest BCUT2D eigenvalue weighted by atomic mass is 10.1. The summed E-state index contributed by atoms with van der Waals surface area (Å²) in [7, 11) is -0.610. The molecule has 0 atom stereocenters. The van der Waals surface area contributed by atoms with Crippen LogP contribution in [0.3, 0.4) is 0 Å². The topological polar surface area (TPSA) is 43.4 Å². The van der Waals surface area contributed by atoms with Gasteiger partial charge in [0, 0.05) is 14.8 Å². The molecule has 0 N–H and O–H groups in total. The third-order valence-electron chi connectivity index (χ3n) is 2.81. The number of carbonyl (C=O) groups excluding carboxylic acids is 2. The molecule has 1 heterocycles. The molecule has 0 aliphatic carbocycles. The van der Waals surface area contributed by atoms with Crippen molar-refractivity contribution in [2.45, 2.75) is 45.4 Å². The van der Waals surface area contributed by atoms with Gasteiger partial charge in [-0.15, -0.1) is 0 Å². The van der Waals surface area contributed by atoms with Crippen molar-refractivity contribution in [2.24, 2.45) is 0 Å². The van der Waals surface area contributed by atoms with Crippen LogP contribution in [0.5, 0.6) is 0 Å². The summed E-state index contributed by atoms with van der Waals surface area (Å²) >= 11 is 1.07. The highest BCUT2D eigenvalue weighted by atomic mass is 32.2. The van der Waals surface area contributed by atoms with Gasteiger partial charge in [-0.2, -0.15) is 0 Å². The standard InChI is InChI=1S/C12H21O3PS/c1-11(13)17-10-15-12(14)16-8-6-4-2-3-5-7-9-16/h2-10H2,1H3. The minimum atomic E-state index is -0.610. The smallest absolute Gasteiger partial charge is 0.326 e. The molecule has 0 aromatic heterocycles.